The lowest BCUT2D eigenvalue weighted by Gasteiger charge is -2.12. The van der Waals surface area contributed by atoms with E-state index in [2.05, 4.69) is 20.8 Å². The molecule has 5 nitrogen and oxygen atoms in total. The molecule has 0 heterocycles. The van der Waals surface area contributed by atoms with Crippen molar-refractivity contribution in [1.29, 1.82) is 0 Å². The molecule has 0 rings (SSSR count). The molecule has 0 unspecified atom stereocenters. The Morgan fingerprint density at radius 1 is 0.667 bits per heavy atom. The molecule has 0 saturated heterocycles. The van der Waals surface area contributed by atoms with Crippen LogP contribution in [-0.2, 0) is 19.1 Å². The van der Waals surface area contributed by atoms with Gasteiger partial charge in [0, 0.05) is 12.8 Å². The number of ether oxygens (including phenoxy) is 2. The van der Waals surface area contributed by atoms with Crippen LogP contribution in [0.2, 0.25) is 0 Å². The second-order valence-corrected chi connectivity index (χ2v) is 8.95. The van der Waals surface area contributed by atoms with E-state index in [1.807, 2.05) is 0 Å². The van der Waals surface area contributed by atoms with Crippen LogP contribution in [0.5, 0.6) is 0 Å². The number of hydrogen-bond acceptors (Lipinski definition) is 5. The molecular weight excluding hydrogens is 380 g/mol. The standard InChI is InChI=1S/C25H48O5/c1-4-5-6-11-15-18-24(27)29-20-23(26)21-30-25(28)19-16-13-10-8-7-9-12-14-17-22(2)3/h22-23,26H,4-21H2,1-3H3/t23-/m0/s1. The van der Waals surface area contributed by atoms with Crippen molar-refractivity contribution in [2.24, 2.45) is 5.92 Å². The van der Waals surface area contributed by atoms with Crippen molar-refractivity contribution in [2.45, 2.75) is 130 Å². The Morgan fingerprint density at radius 3 is 1.50 bits per heavy atom. The molecule has 0 aliphatic rings. The zero-order valence-corrected chi connectivity index (χ0v) is 20.0. The third-order valence-electron chi connectivity index (χ3n) is 5.27. The molecule has 0 amide bonds. The summed E-state index contributed by atoms with van der Waals surface area (Å²) in [5, 5.41) is 9.79. The Bertz CT molecular complexity index is 408. The summed E-state index contributed by atoms with van der Waals surface area (Å²) in [6.07, 6.45) is 16.1. The lowest BCUT2D eigenvalue weighted by Crippen LogP contribution is -2.25. The lowest BCUT2D eigenvalue weighted by molar-refractivity contribution is -0.152. The molecule has 0 aromatic rings. The highest BCUT2D eigenvalue weighted by Gasteiger charge is 2.12. The van der Waals surface area contributed by atoms with Gasteiger partial charge in [-0.1, -0.05) is 97.8 Å². The fourth-order valence-corrected chi connectivity index (χ4v) is 3.33. The number of carbonyl (C=O) groups is 2. The number of esters is 2. The summed E-state index contributed by atoms with van der Waals surface area (Å²) in [6.45, 7) is 6.48. The van der Waals surface area contributed by atoms with Crippen LogP contribution in [0.25, 0.3) is 0 Å². The molecule has 0 saturated carbocycles. The van der Waals surface area contributed by atoms with Crippen LogP contribution in [0.15, 0.2) is 0 Å². The number of unbranched alkanes of at least 4 members (excludes halogenated alkanes) is 11. The van der Waals surface area contributed by atoms with Crippen LogP contribution in [0.4, 0.5) is 0 Å². The molecule has 0 bridgehead atoms. The Morgan fingerprint density at radius 2 is 1.07 bits per heavy atom. The third kappa shape index (κ3) is 21.6. The van der Waals surface area contributed by atoms with E-state index in [0.717, 1.165) is 44.4 Å². The van der Waals surface area contributed by atoms with Gasteiger partial charge < -0.3 is 14.6 Å². The minimum atomic E-state index is -0.950. The van der Waals surface area contributed by atoms with E-state index < -0.39 is 6.10 Å². The zero-order valence-electron chi connectivity index (χ0n) is 20.0. The summed E-state index contributed by atoms with van der Waals surface area (Å²) in [7, 11) is 0. The average molecular weight is 429 g/mol. The van der Waals surface area contributed by atoms with Gasteiger partial charge in [-0.05, 0) is 18.8 Å². The first-order valence-electron chi connectivity index (χ1n) is 12.4. The quantitative estimate of drug-likeness (QED) is 0.170. The molecule has 178 valence electrons. The van der Waals surface area contributed by atoms with Gasteiger partial charge in [0.15, 0.2) is 0 Å². The van der Waals surface area contributed by atoms with Crippen LogP contribution >= 0.6 is 0 Å². The number of aliphatic hydroxyl groups is 1. The minimum absolute atomic E-state index is 0.112. The average Bonchev–Trinajstić information content (AvgIpc) is 2.71. The Kier molecular flexibility index (Phi) is 20.4. The van der Waals surface area contributed by atoms with Crippen molar-refractivity contribution in [3.63, 3.8) is 0 Å². The van der Waals surface area contributed by atoms with Crippen molar-refractivity contribution < 1.29 is 24.2 Å². The monoisotopic (exact) mass is 428 g/mol. The smallest absolute Gasteiger partial charge is 0.305 e. The van der Waals surface area contributed by atoms with Gasteiger partial charge in [0.1, 0.15) is 19.3 Å². The summed E-state index contributed by atoms with van der Waals surface area (Å²) >= 11 is 0. The number of aliphatic hydroxyl groups excluding tert-OH is 1. The third-order valence-corrected chi connectivity index (χ3v) is 5.27. The van der Waals surface area contributed by atoms with E-state index in [0.29, 0.717) is 12.8 Å². The van der Waals surface area contributed by atoms with Gasteiger partial charge in [-0.3, -0.25) is 9.59 Å². The van der Waals surface area contributed by atoms with E-state index >= 15 is 0 Å². The Hall–Kier alpha value is -1.10. The van der Waals surface area contributed by atoms with Crippen LogP contribution in [0.1, 0.15) is 124 Å². The Labute approximate surface area is 185 Å². The van der Waals surface area contributed by atoms with Gasteiger partial charge >= 0.3 is 11.9 Å². The molecule has 5 heteroatoms. The first-order valence-corrected chi connectivity index (χ1v) is 12.4. The van der Waals surface area contributed by atoms with Gasteiger partial charge in [0.05, 0.1) is 0 Å². The SMILES string of the molecule is CCCCCCCC(=O)OC[C@H](O)COC(=O)CCCCCCCCCCC(C)C. The first-order chi connectivity index (χ1) is 14.5. The van der Waals surface area contributed by atoms with E-state index in [-0.39, 0.29) is 25.2 Å². The highest BCUT2D eigenvalue weighted by molar-refractivity contribution is 5.69. The number of carbonyl (C=O) groups excluding carboxylic acids is 2. The molecule has 0 spiro atoms. The predicted octanol–water partition coefficient (Wildman–Crippen LogP) is 6.35. The maximum absolute atomic E-state index is 11.7. The predicted molar refractivity (Wildman–Crippen MR) is 122 cm³/mol. The fourth-order valence-electron chi connectivity index (χ4n) is 3.33. The number of rotatable bonds is 21. The Balaban J connectivity index is 3.45. The zero-order chi connectivity index (χ0) is 22.5. The van der Waals surface area contributed by atoms with E-state index in [1.54, 1.807) is 0 Å². The molecule has 0 aromatic heterocycles. The molecular formula is C25H48O5. The van der Waals surface area contributed by atoms with E-state index in [1.165, 1.54) is 51.4 Å². The van der Waals surface area contributed by atoms with Crippen molar-refractivity contribution in [3.05, 3.63) is 0 Å². The van der Waals surface area contributed by atoms with Crippen LogP contribution < -0.4 is 0 Å². The summed E-state index contributed by atoms with van der Waals surface area (Å²) < 4.78 is 10.1. The van der Waals surface area contributed by atoms with Gasteiger partial charge in [0.2, 0.25) is 0 Å². The van der Waals surface area contributed by atoms with Crippen molar-refractivity contribution in [3.8, 4) is 0 Å². The minimum Gasteiger partial charge on any atom is -0.463 e. The lowest BCUT2D eigenvalue weighted by atomic mass is 10.0. The summed E-state index contributed by atoms with van der Waals surface area (Å²) in [4.78, 5) is 23.3. The summed E-state index contributed by atoms with van der Waals surface area (Å²) in [5.41, 5.74) is 0. The van der Waals surface area contributed by atoms with Crippen molar-refractivity contribution in [2.75, 3.05) is 13.2 Å². The fraction of sp³-hybridized carbons (Fsp3) is 0.920. The molecule has 30 heavy (non-hydrogen) atoms. The van der Waals surface area contributed by atoms with E-state index in [4.69, 9.17) is 9.47 Å². The highest BCUT2D eigenvalue weighted by Crippen LogP contribution is 2.13. The number of hydrogen-bond donors (Lipinski definition) is 1. The molecule has 0 fully saturated rings. The van der Waals surface area contributed by atoms with Crippen molar-refractivity contribution in [1.82, 2.24) is 0 Å². The maximum Gasteiger partial charge on any atom is 0.305 e. The van der Waals surface area contributed by atoms with Gasteiger partial charge in [-0.25, -0.2) is 0 Å². The van der Waals surface area contributed by atoms with Crippen molar-refractivity contribution >= 4 is 11.9 Å². The maximum atomic E-state index is 11.7. The van der Waals surface area contributed by atoms with Crippen LogP contribution in [0, 0.1) is 5.92 Å². The normalized spacial score (nSPS) is 12.2. The molecule has 0 aromatic carbocycles. The molecule has 0 aliphatic carbocycles. The second kappa shape index (κ2) is 21.1. The van der Waals surface area contributed by atoms with Crippen LogP contribution in [0.3, 0.4) is 0 Å². The molecule has 1 atom stereocenters. The molecule has 0 radical (unpaired) electrons. The summed E-state index contributed by atoms with van der Waals surface area (Å²) in [6, 6.07) is 0. The van der Waals surface area contributed by atoms with E-state index in [9.17, 15) is 14.7 Å². The molecule has 0 aliphatic heterocycles. The second-order valence-electron chi connectivity index (χ2n) is 8.95. The largest absolute Gasteiger partial charge is 0.463 e. The van der Waals surface area contributed by atoms with Gasteiger partial charge in [-0.15, -0.1) is 0 Å². The topological polar surface area (TPSA) is 72.8 Å². The summed E-state index contributed by atoms with van der Waals surface area (Å²) in [5.74, 6) is 0.229. The first kappa shape index (κ1) is 28.9. The van der Waals surface area contributed by atoms with Gasteiger partial charge in [0.25, 0.3) is 0 Å². The highest BCUT2D eigenvalue weighted by atomic mass is 16.6. The van der Waals surface area contributed by atoms with Gasteiger partial charge in [-0.2, -0.15) is 0 Å². The molecule has 1 N–H and O–H groups in total. The van der Waals surface area contributed by atoms with Crippen LogP contribution in [-0.4, -0.2) is 36.4 Å².